The lowest BCUT2D eigenvalue weighted by Crippen LogP contribution is -2.36. The van der Waals surface area contributed by atoms with Crippen molar-refractivity contribution in [1.29, 1.82) is 0 Å². The summed E-state index contributed by atoms with van der Waals surface area (Å²) in [5.74, 6) is 0. The Morgan fingerprint density at radius 2 is 2.25 bits per heavy atom. The van der Waals surface area contributed by atoms with Gasteiger partial charge in [0.1, 0.15) is 0 Å². The Bertz CT molecular complexity index is 596. The highest BCUT2D eigenvalue weighted by Gasteiger charge is 2.09. The fraction of sp³-hybridized carbons (Fsp3) is 0.286. The molecule has 20 heavy (non-hydrogen) atoms. The summed E-state index contributed by atoms with van der Waals surface area (Å²) in [4.78, 5) is 13.6. The van der Waals surface area contributed by atoms with Gasteiger partial charge in [-0.1, -0.05) is 28.1 Å². The van der Waals surface area contributed by atoms with Crippen LogP contribution in [0.2, 0.25) is 0 Å². The van der Waals surface area contributed by atoms with Gasteiger partial charge in [0.2, 0.25) is 0 Å². The number of carbonyl (C=O) groups is 1. The molecule has 0 radical (unpaired) electrons. The van der Waals surface area contributed by atoms with Crippen LogP contribution in [0.4, 0.5) is 4.79 Å². The SMILES string of the molecule is CN(Cc1cnn(C)c1)C(=O)NCc1cccc(Br)c1. The van der Waals surface area contributed by atoms with Crippen molar-refractivity contribution < 1.29 is 4.79 Å². The number of aromatic nitrogens is 2. The van der Waals surface area contributed by atoms with Crippen LogP contribution < -0.4 is 5.32 Å². The van der Waals surface area contributed by atoms with Crippen LogP contribution in [0.1, 0.15) is 11.1 Å². The average Bonchev–Trinajstić information content (AvgIpc) is 2.81. The lowest BCUT2D eigenvalue weighted by molar-refractivity contribution is 0.206. The van der Waals surface area contributed by atoms with Crippen molar-refractivity contribution in [3.8, 4) is 0 Å². The van der Waals surface area contributed by atoms with Gasteiger partial charge < -0.3 is 10.2 Å². The summed E-state index contributed by atoms with van der Waals surface area (Å²) < 4.78 is 2.73. The molecule has 0 saturated heterocycles. The minimum atomic E-state index is -0.103. The highest BCUT2D eigenvalue weighted by atomic mass is 79.9. The van der Waals surface area contributed by atoms with Crippen molar-refractivity contribution in [1.82, 2.24) is 20.0 Å². The fourth-order valence-electron chi connectivity index (χ4n) is 1.86. The first kappa shape index (κ1) is 14.6. The summed E-state index contributed by atoms with van der Waals surface area (Å²) >= 11 is 3.41. The average molecular weight is 337 g/mol. The molecule has 2 aromatic rings. The van der Waals surface area contributed by atoms with E-state index in [4.69, 9.17) is 0 Å². The molecule has 0 bridgehead atoms. The summed E-state index contributed by atoms with van der Waals surface area (Å²) in [5, 5.41) is 6.98. The molecule has 1 heterocycles. The molecule has 2 amide bonds. The zero-order valence-corrected chi connectivity index (χ0v) is 13.1. The number of nitrogens with zero attached hydrogens (tertiary/aromatic N) is 3. The van der Waals surface area contributed by atoms with Gasteiger partial charge in [0.05, 0.1) is 12.7 Å². The third-order valence-electron chi connectivity index (χ3n) is 2.86. The molecule has 0 atom stereocenters. The maximum Gasteiger partial charge on any atom is 0.317 e. The predicted octanol–water partition coefficient (Wildman–Crippen LogP) is 2.52. The minimum absolute atomic E-state index is 0.103. The molecule has 106 valence electrons. The molecule has 0 saturated carbocycles. The van der Waals surface area contributed by atoms with E-state index in [0.29, 0.717) is 13.1 Å². The van der Waals surface area contributed by atoms with Gasteiger partial charge in [-0.15, -0.1) is 0 Å². The number of hydrogen-bond acceptors (Lipinski definition) is 2. The third kappa shape index (κ3) is 4.09. The predicted molar refractivity (Wildman–Crippen MR) is 81.1 cm³/mol. The number of urea groups is 1. The molecule has 0 aliphatic rings. The molecule has 5 nitrogen and oxygen atoms in total. The Kier molecular flexibility index (Phi) is 4.79. The first-order chi connectivity index (χ1) is 9.54. The molecule has 0 aliphatic heterocycles. The van der Waals surface area contributed by atoms with E-state index in [-0.39, 0.29) is 6.03 Å². The number of carbonyl (C=O) groups excluding carboxylic acids is 1. The Hall–Kier alpha value is -1.82. The van der Waals surface area contributed by atoms with Crippen molar-refractivity contribution in [2.24, 2.45) is 7.05 Å². The lowest BCUT2D eigenvalue weighted by atomic mass is 10.2. The Labute approximate surface area is 126 Å². The second-order valence-electron chi connectivity index (χ2n) is 4.67. The van der Waals surface area contributed by atoms with Crippen LogP contribution in [-0.4, -0.2) is 27.8 Å². The highest BCUT2D eigenvalue weighted by Crippen LogP contribution is 2.11. The van der Waals surface area contributed by atoms with Gasteiger partial charge in [-0.3, -0.25) is 4.68 Å². The molecule has 0 spiro atoms. The summed E-state index contributed by atoms with van der Waals surface area (Å²) in [6, 6.07) is 7.77. The number of halogens is 1. The fourth-order valence-corrected chi connectivity index (χ4v) is 2.31. The monoisotopic (exact) mass is 336 g/mol. The Morgan fingerprint density at radius 3 is 2.90 bits per heavy atom. The van der Waals surface area contributed by atoms with Crippen LogP contribution in [0.15, 0.2) is 41.1 Å². The van der Waals surface area contributed by atoms with E-state index in [1.54, 1.807) is 22.8 Å². The van der Waals surface area contributed by atoms with E-state index in [1.807, 2.05) is 37.5 Å². The minimum Gasteiger partial charge on any atom is -0.334 e. The summed E-state index contributed by atoms with van der Waals surface area (Å²) in [5.41, 5.74) is 2.06. The van der Waals surface area contributed by atoms with Crippen LogP contribution in [0, 0.1) is 0 Å². The third-order valence-corrected chi connectivity index (χ3v) is 3.35. The van der Waals surface area contributed by atoms with E-state index in [1.165, 1.54) is 0 Å². The molecule has 1 N–H and O–H groups in total. The number of nitrogens with one attached hydrogen (secondary N) is 1. The summed E-state index contributed by atoms with van der Waals surface area (Å²) in [6.07, 6.45) is 3.66. The topological polar surface area (TPSA) is 50.2 Å². The lowest BCUT2D eigenvalue weighted by Gasteiger charge is -2.17. The second kappa shape index (κ2) is 6.56. The Morgan fingerprint density at radius 1 is 1.45 bits per heavy atom. The quantitative estimate of drug-likeness (QED) is 0.932. The van der Waals surface area contributed by atoms with Gasteiger partial charge in [0.15, 0.2) is 0 Å². The van der Waals surface area contributed by atoms with Crippen molar-refractivity contribution in [2.45, 2.75) is 13.1 Å². The van der Waals surface area contributed by atoms with E-state index in [0.717, 1.165) is 15.6 Å². The van der Waals surface area contributed by atoms with Crippen molar-refractivity contribution in [3.63, 3.8) is 0 Å². The second-order valence-corrected chi connectivity index (χ2v) is 5.58. The van der Waals surface area contributed by atoms with Gasteiger partial charge in [0, 0.05) is 36.9 Å². The molecular weight excluding hydrogens is 320 g/mol. The summed E-state index contributed by atoms with van der Waals surface area (Å²) in [6.45, 7) is 1.05. The zero-order chi connectivity index (χ0) is 14.5. The van der Waals surface area contributed by atoms with Gasteiger partial charge in [0.25, 0.3) is 0 Å². The zero-order valence-electron chi connectivity index (χ0n) is 11.5. The van der Waals surface area contributed by atoms with Crippen LogP contribution in [0.5, 0.6) is 0 Å². The van der Waals surface area contributed by atoms with Gasteiger partial charge in [-0.25, -0.2) is 4.79 Å². The maximum atomic E-state index is 12.0. The molecule has 0 aliphatic carbocycles. The number of amides is 2. The number of aryl methyl sites for hydroxylation is 1. The smallest absolute Gasteiger partial charge is 0.317 e. The highest BCUT2D eigenvalue weighted by molar-refractivity contribution is 9.10. The molecule has 0 fully saturated rings. The standard InChI is InChI=1S/C14H17BrN4O/c1-18(9-12-8-17-19(2)10-12)14(20)16-7-11-4-3-5-13(15)6-11/h3-6,8,10H,7,9H2,1-2H3,(H,16,20). The maximum absolute atomic E-state index is 12.0. The van der Waals surface area contributed by atoms with Crippen LogP contribution in [0.25, 0.3) is 0 Å². The van der Waals surface area contributed by atoms with Crippen LogP contribution in [0.3, 0.4) is 0 Å². The van der Waals surface area contributed by atoms with E-state index in [9.17, 15) is 4.79 Å². The molecule has 2 rings (SSSR count). The summed E-state index contributed by atoms with van der Waals surface area (Å²) in [7, 11) is 3.63. The molecule has 6 heteroatoms. The van der Waals surface area contributed by atoms with Crippen LogP contribution >= 0.6 is 15.9 Å². The first-order valence-electron chi connectivity index (χ1n) is 6.25. The van der Waals surface area contributed by atoms with Gasteiger partial charge in [-0.05, 0) is 17.7 Å². The Balaban J connectivity index is 1.85. The van der Waals surface area contributed by atoms with Gasteiger partial charge in [-0.2, -0.15) is 5.10 Å². The largest absolute Gasteiger partial charge is 0.334 e. The normalized spacial score (nSPS) is 10.3. The van der Waals surface area contributed by atoms with Crippen molar-refractivity contribution in [3.05, 3.63) is 52.3 Å². The van der Waals surface area contributed by atoms with Crippen molar-refractivity contribution >= 4 is 22.0 Å². The number of benzene rings is 1. The van der Waals surface area contributed by atoms with E-state index >= 15 is 0 Å². The number of rotatable bonds is 4. The molecule has 1 aromatic heterocycles. The van der Waals surface area contributed by atoms with Crippen molar-refractivity contribution in [2.75, 3.05) is 7.05 Å². The van der Waals surface area contributed by atoms with E-state index < -0.39 is 0 Å². The molecule has 1 aromatic carbocycles. The van der Waals surface area contributed by atoms with Gasteiger partial charge >= 0.3 is 6.03 Å². The van der Waals surface area contributed by atoms with Crippen LogP contribution in [-0.2, 0) is 20.1 Å². The molecule has 0 unspecified atom stereocenters. The molecular formula is C14H17BrN4O. The number of hydrogen-bond donors (Lipinski definition) is 1. The first-order valence-corrected chi connectivity index (χ1v) is 7.05. The van der Waals surface area contributed by atoms with E-state index in [2.05, 4.69) is 26.3 Å².